The molecule has 2 aromatic heterocycles. The maximum atomic E-state index is 13.0. The van der Waals surface area contributed by atoms with Gasteiger partial charge in [0.1, 0.15) is 5.75 Å². The van der Waals surface area contributed by atoms with Crippen LogP contribution in [0, 0.1) is 5.92 Å². The topological polar surface area (TPSA) is 72.3 Å². The zero-order valence-electron chi connectivity index (χ0n) is 23.4. The summed E-state index contributed by atoms with van der Waals surface area (Å²) in [4.78, 5) is 24.5. The molecule has 0 spiro atoms. The zero-order chi connectivity index (χ0) is 27.9. The lowest BCUT2D eigenvalue weighted by Gasteiger charge is -2.32. The second-order valence-corrected chi connectivity index (χ2v) is 10.9. The lowest BCUT2D eigenvalue weighted by Crippen LogP contribution is -2.38. The quantitative estimate of drug-likeness (QED) is 0.226. The standard InChI is InChI=1S/C34H37N5O2/c40-34-30-13-12-28(23-33(30)37-25-39(34)19-6-9-26-7-2-1-3-8-26)41-24-27-15-20-38(21-16-27)22-18-36-32-14-17-35-31-11-5-4-10-29(31)32/h1-5,7-8,10-14,17,23,25,27H,6,9,15-16,18-22,24H2,(H,35,36). The molecule has 5 aromatic rings. The van der Waals surface area contributed by atoms with E-state index >= 15 is 0 Å². The van der Waals surface area contributed by atoms with Gasteiger partial charge in [-0.2, -0.15) is 0 Å². The Bertz CT molecular complexity index is 1640. The number of aromatic nitrogens is 3. The minimum Gasteiger partial charge on any atom is -0.493 e. The molecule has 0 radical (unpaired) electrons. The molecule has 0 atom stereocenters. The molecule has 0 bridgehead atoms. The van der Waals surface area contributed by atoms with Crippen molar-refractivity contribution in [1.82, 2.24) is 19.4 Å². The summed E-state index contributed by atoms with van der Waals surface area (Å²) in [6.07, 6.45) is 7.62. The number of aryl methyl sites for hydroxylation is 2. The number of hydrogen-bond donors (Lipinski definition) is 1. The molecule has 1 aliphatic rings. The molecule has 0 amide bonds. The second-order valence-electron chi connectivity index (χ2n) is 10.9. The van der Waals surface area contributed by atoms with E-state index in [1.165, 1.54) is 10.9 Å². The highest BCUT2D eigenvalue weighted by Crippen LogP contribution is 2.23. The van der Waals surface area contributed by atoms with Gasteiger partial charge in [-0.3, -0.25) is 14.3 Å². The van der Waals surface area contributed by atoms with Gasteiger partial charge in [0.25, 0.3) is 5.56 Å². The van der Waals surface area contributed by atoms with Gasteiger partial charge in [0.15, 0.2) is 0 Å². The number of fused-ring (bicyclic) bond motifs is 2. The fourth-order valence-corrected chi connectivity index (χ4v) is 5.67. The highest BCUT2D eigenvalue weighted by molar-refractivity contribution is 5.90. The molecule has 1 aliphatic heterocycles. The first-order valence-electron chi connectivity index (χ1n) is 14.7. The van der Waals surface area contributed by atoms with Crippen molar-refractivity contribution in [2.24, 2.45) is 5.92 Å². The van der Waals surface area contributed by atoms with Crippen molar-refractivity contribution in [1.29, 1.82) is 0 Å². The Balaban J connectivity index is 0.949. The van der Waals surface area contributed by atoms with E-state index in [9.17, 15) is 4.79 Å². The number of para-hydroxylation sites is 1. The van der Waals surface area contributed by atoms with E-state index < -0.39 is 0 Å². The Labute approximate surface area is 240 Å². The first-order chi connectivity index (χ1) is 20.2. The minimum absolute atomic E-state index is 0.00795. The van der Waals surface area contributed by atoms with Gasteiger partial charge >= 0.3 is 0 Å². The first-order valence-corrected chi connectivity index (χ1v) is 14.7. The van der Waals surface area contributed by atoms with Crippen molar-refractivity contribution in [3.63, 3.8) is 0 Å². The number of likely N-dealkylation sites (tertiary alicyclic amines) is 1. The lowest BCUT2D eigenvalue weighted by molar-refractivity contribution is 0.145. The number of rotatable bonds is 11. The maximum Gasteiger partial charge on any atom is 0.261 e. The predicted octanol–water partition coefficient (Wildman–Crippen LogP) is 5.78. The van der Waals surface area contributed by atoms with Crippen LogP contribution in [0.5, 0.6) is 5.75 Å². The molecule has 3 aromatic carbocycles. The monoisotopic (exact) mass is 547 g/mol. The number of nitrogens with one attached hydrogen (secondary N) is 1. The third-order valence-corrected chi connectivity index (χ3v) is 8.09. The van der Waals surface area contributed by atoms with Crippen LogP contribution in [0.4, 0.5) is 5.69 Å². The van der Waals surface area contributed by atoms with Crippen LogP contribution in [-0.2, 0) is 13.0 Å². The summed E-state index contributed by atoms with van der Waals surface area (Å²) in [5, 5.41) is 5.40. The van der Waals surface area contributed by atoms with Gasteiger partial charge in [0, 0.05) is 43.0 Å². The number of ether oxygens (including phenoxy) is 1. The molecule has 210 valence electrons. The molecule has 3 heterocycles. The fourth-order valence-electron chi connectivity index (χ4n) is 5.67. The first kappa shape index (κ1) is 27.0. The van der Waals surface area contributed by atoms with Gasteiger partial charge in [-0.1, -0.05) is 48.5 Å². The highest BCUT2D eigenvalue weighted by Gasteiger charge is 2.19. The normalized spacial score (nSPS) is 14.4. The van der Waals surface area contributed by atoms with Gasteiger partial charge in [-0.05, 0) is 74.5 Å². The van der Waals surface area contributed by atoms with Crippen LogP contribution in [0.1, 0.15) is 24.8 Å². The highest BCUT2D eigenvalue weighted by atomic mass is 16.5. The second kappa shape index (κ2) is 13.0. The molecule has 41 heavy (non-hydrogen) atoms. The molecule has 0 unspecified atom stereocenters. The van der Waals surface area contributed by atoms with Crippen LogP contribution in [0.15, 0.2) is 96.2 Å². The van der Waals surface area contributed by atoms with Crippen LogP contribution in [-0.4, -0.2) is 52.2 Å². The zero-order valence-corrected chi connectivity index (χ0v) is 23.4. The van der Waals surface area contributed by atoms with Crippen LogP contribution in [0.25, 0.3) is 21.8 Å². The van der Waals surface area contributed by atoms with Gasteiger partial charge in [-0.25, -0.2) is 4.98 Å². The van der Waals surface area contributed by atoms with Gasteiger partial charge in [0.2, 0.25) is 0 Å². The van der Waals surface area contributed by atoms with Gasteiger partial charge in [0.05, 0.1) is 29.4 Å². The number of benzene rings is 3. The molecule has 0 aliphatic carbocycles. The summed E-state index contributed by atoms with van der Waals surface area (Å²) in [5.41, 5.74) is 4.15. The number of pyridine rings is 1. The molecule has 0 saturated carbocycles. The molecule has 6 rings (SSSR count). The van der Waals surface area contributed by atoms with Gasteiger partial charge < -0.3 is 15.0 Å². The van der Waals surface area contributed by atoms with E-state index in [1.54, 1.807) is 10.9 Å². The Morgan fingerprint density at radius 3 is 2.56 bits per heavy atom. The summed E-state index contributed by atoms with van der Waals surface area (Å²) >= 11 is 0. The molecule has 1 saturated heterocycles. The molecular formula is C34H37N5O2. The van der Waals surface area contributed by atoms with E-state index in [-0.39, 0.29) is 5.56 Å². The van der Waals surface area contributed by atoms with Crippen molar-refractivity contribution in [2.75, 3.05) is 38.1 Å². The van der Waals surface area contributed by atoms with Crippen LogP contribution in [0.3, 0.4) is 0 Å². The van der Waals surface area contributed by atoms with Crippen LogP contribution in [0.2, 0.25) is 0 Å². The number of hydrogen-bond acceptors (Lipinski definition) is 6. The van der Waals surface area contributed by atoms with E-state index in [4.69, 9.17) is 4.74 Å². The Morgan fingerprint density at radius 1 is 0.854 bits per heavy atom. The summed E-state index contributed by atoms with van der Waals surface area (Å²) in [7, 11) is 0. The maximum absolute atomic E-state index is 13.0. The van der Waals surface area contributed by atoms with Crippen molar-refractivity contribution in [3.8, 4) is 5.75 Å². The van der Waals surface area contributed by atoms with E-state index in [0.29, 0.717) is 30.0 Å². The van der Waals surface area contributed by atoms with Crippen molar-refractivity contribution >= 4 is 27.5 Å². The third-order valence-electron chi connectivity index (χ3n) is 8.09. The van der Waals surface area contributed by atoms with Crippen molar-refractivity contribution < 1.29 is 4.74 Å². The predicted molar refractivity (Wildman–Crippen MR) is 166 cm³/mol. The molecule has 1 N–H and O–H groups in total. The molecule has 1 fully saturated rings. The largest absolute Gasteiger partial charge is 0.493 e. The summed E-state index contributed by atoms with van der Waals surface area (Å²) in [6, 6.07) is 26.3. The molecule has 7 heteroatoms. The Hall–Kier alpha value is -4.23. The smallest absolute Gasteiger partial charge is 0.261 e. The Morgan fingerprint density at radius 2 is 1.68 bits per heavy atom. The number of piperidine rings is 1. The molecular weight excluding hydrogens is 510 g/mol. The summed E-state index contributed by atoms with van der Waals surface area (Å²) in [6.45, 7) is 5.44. The average molecular weight is 548 g/mol. The fraction of sp³-hybridized carbons (Fsp3) is 0.324. The van der Waals surface area contributed by atoms with Crippen LogP contribution >= 0.6 is 0 Å². The third kappa shape index (κ3) is 6.74. The van der Waals surface area contributed by atoms with Crippen LogP contribution < -0.4 is 15.6 Å². The average Bonchev–Trinajstić information content (AvgIpc) is 3.02. The van der Waals surface area contributed by atoms with Crippen molar-refractivity contribution in [2.45, 2.75) is 32.2 Å². The number of nitrogens with zero attached hydrogens (tertiary/aromatic N) is 4. The van der Waals surface area contributed by atoms with Crippen molar-refractivity contribution in [3.05, 3.63) is 107 Å². The van der Waals surface area contributed by atoms with E-state index in [2.05, 4.69) is 50.5 Å². The van der Waals surface area contributed by atoms with E-state index in [0.717, 1.165) is 68.8 Å². The van der Waals surface area contributed by atoms with E-state index in [1.807, 2.05) is 54.7 Å². The SMILES string of the molecule is O=c1c2ccc(OCC3CCN(CCNc4ccnc5ccccc45)CC3)cc2ncn1CCCc1ccccc1. The molecule has 7 nitrogen and oxygen atoms in total. The summed E-state index contributed by atoms with van der Waals surface area (Å²) in [5.74, 6) is 1.31. The number of anilines is 1. The van der Waals surface area contributed by atoms with Gasteiger partial charge in [-0.15, -0.1) is 0 Å². The minimum atomic E-state index is 0.00795. The lowest BCUT2D eigenvalue weighted by atomic mass is 9.98. The summed E-state index contributed by atoms with van der Waals surface area (Å²) < 4.78 is 7.88. The Kier molecular flexibility index (Phi) is 8.52.